The first-order chi connectivity index (χ1) is 16.8. The number of carbonyl (C=O) groups is 3. The maximum atomic E-state index is 13.0. The van der Waals surface area contributed by atoms with E-state index in [2.05, 4.69) is 15.5 Å². The van der Waals surface area contributed by atoms with Crippen molar-refractivity contribution in [2.75, 3.05) is 38.1 Å². The first-order valence-corrected chi connectivity index (χ1v) is 11.6. The van der Waals surface area contributed by atoms with Gasteiger partial charge in [0.15, 0.2) is 5.69 Å². The van der Waals surface area contributed by atoms with E-state index in [4.69, 9.17) is 16.3 Å². The summed E-state index contributed by atoms with van der Waals surface area (Å²) in [5.74, 6) is -0.844. The Kier molecular flexibility index (Phi) is 8.16. The van der Waals surface area contributed by atoms with Gasteiger partial charge >= 0.3 is 12.3 Å². The van der Waals surface area contributed by atoms with Gasteiger partial charge in [0.05, 0.1) is 28.7 Å². The summed E-state index contributed by atoms with van der Waals surface area (Å²) in [6.45, 7) is 7.51. The first-order valence-electron chi connectivity index (χ1n) is 11.2. The standard InChI is InChI=1S/C21H27ClF3N7O4/c1-5-36-20(35)30-8-6-29(7-9-30)19(34)14(4)31-10-15(12(2)27-31)26-16(33)11-32-13(3)17(22)18(28-32)21(23,24)25/h10,14H,5-9,11H2,1-4H3,(H,26,33). The highest BCUT2D eigenvalue weighted by molar-refractivity contribution is 6.32. The van der Waals surface area contributed by atoms with Crippen molar-refractivity contribution in [3.63, 3.8) is 0 Å². The van der Waals surface area contributed by atoms with Gasteiger partial charge in [0.25, 0.3) is 0 Å². The summed E-state index contributed by atoms with van der Waals surface area (Å²) >= 11 is 5.73. The number of nitrogens with one attached hydrogen (secondary N) is 1. The summed E-state index contributed by atoms with van der Waals surface area (Å²) in [5.41, 5.74) is -0.525. The molecule has 3 heterocycles. The van der Waals surface area contributed by atoms with Crippen LogP contribution < -0.4 is 5.32 Å². The quantitative estimate of drug-likeness (QED) is 0.610. The van der Waals surface area contributed by atoms with Crippen molar-refractivity contribution in [1.82, 2.24) is 29.4 Å². The van der Waals surface area contributed by atoms with E-state index in [1.54, 1.807) is 25.7 Å². The highest BCUT2D eigenvalue weighted by atomic mass is 35.5. The lowest BCUT2D eigenvalue weighted by Crippen LogP contribution is -2.52. The average molecular weight is 534 g/mol. The van der Waals surface area contributed by atoms with Gasteiger partial charge in [-0.3, -0.25) is 19.0 Å². The molecule has 1 aliphatic rings. The van der Waals surface area contributed by atoms with Gasteiger partial charge in [0.2, 0.25) is 11.8 Å². The second-order valence-electron chi connectivity index (χ2n) is 8.25. The number of alkyl halides is 3. The minimum Gasteiger partial charge on any atom is -0.450 e. The van der Waals surface area contributed by atoms with Crippen molar-refractivity contribution in [2.45, 2.75) is 46.5 Å². The van der Waals surface area contributed by atoms with Crippen molar-refractivity contribution in [1.29, 1.82) is 0 Å². The van der Waals surface area contributed by atoms with E-state index in [1.807, 2.05) is 0 Å². The van der Waals surface area contributed by atoms with Crippen LogP contribution in [0.4, 0.5) is 23.7 Å². The van der Waals surface area contributed by atoms with Crippen LogP contribution in [-0.4, -0.2) is 80.1 Å². The van der Waals surface area contributed by atoms with Crippen LogP contribution in [0.5, 0.6) is 0 Å². The van der Waals surface area contributed by atoms with Crippen LogP contribution in [0.1, 0.15) is 37.0 Å². The molecule has 1 saturated heterocycles. The molecule has 0 radical (unpaired) electrons. The number of rotatable bonds is 6. The van der Waals surface area contributed by atoms with E-state index < -0.39 is 41.5 Å². The SMILES string of the molecule is CCOC(=O)N1CCN(C(=O)C(C)n2cc(NC(=O)Cn3nc(C(F)(F)F)c(Cl)c3C)c(C)n2)CC1. The average Bonchev–Trinajstić information content (AvgIpc) is 3.32. The third-order valence-corrected chi connectivity index (χ3v) is 6.21. The molecule has 0 spiro atoms. The van der Waals surface area contributed by atoms with E-state index in [1.165, 1.54) is 22.7 Å². The zero-order valence-electron chi connectivity index (χ0n) is 20.2. The molecule has 1 atom stereocenters. The molecule has 11 nitrogen and oxygen atoms in total. The number of carbonyl (C=O) groups excluding carboxylic acids is 3. The van der Waals surface area contributed by atoms with Gasteiger partial charge in [-0.2, -0.15) is 23.4 Å². The second-order valence-corrected chi connectivity index (χ2v) is 8.62. The maximum Gasteiger partial charge on any atom is 0.436 e. The number of hydrogen-bond acceptors (Lipinski definition) is 6. The molecule has 15 heteroatoms. The number of amides is 3. The van der Waals surface area contributed by atoms with Crippen molar-refractivity contribution in [3.8, 4) is 0 Å². The largest absolute Gasteiger partial charge is 0.450 e. The minimum atomic E-state index is -4.74. The number of aryl methyl sites for hydroxylation is 1. The lowest BCUT2D eigenvalue weighted by Gasteiger charge is -2.35. The molecule has 2 aromatic rings. The lowest BCUT2D eigenvalue weighted by atomic mass is 10.2. The van der Waals surface area contributed by atoms with Gasteiger partial charge in [0, 0.05) is 32.4 Å². The minimum absolute atomic E-state index is 0.00818. The van der Waals surface area contributed by atoms with Crippen molar-refractivity contribution < 1.29 is 32.3 Å². The highest BCUT2D eigenvalue weighted by Gasteiger charge is 2.38. The molecule has 0 bridgehead atoms. The Morgan fingerprint density at radius 1 is 1.14 bits per heavy atom. The van der Waals surface area contributed by atoms with Gasteiger partial charge in [-0.25, -0.2) is 4.79 Å². The van der Waals surface area contributed by atoms with Crippen LogP contribution in [0.15, 0.2) is 6.20 Å². The zero-order chi connectivity index (χ0) is 26.8. The molecule has 0 aliphatic carbocycles. The van der Waals surface area contributed by atoms with Crippen LogP contribution in [-0.2, 0) is 27.0 Å². The molecule has 3 rings (SSSR count). The Labute approximate surface area is 210 Å². The predicted octanol–water partition coefficient (Wildman–Crippen LogP) is 2.87. The monoisotopic (exact) mass is 533 g/mol. The third kappa shape index (κ3) is 5.91. The molecule has 1 unspecified atom stereocenters. The molecule has 1 N–H and O–H groups in total. The number of nitrogens with zero attached hydrogens (tertiary/aromatic N) is 6. The van der Waals surface area contributed by atoms with E-state index in [0.29, 0.717) is 37.6 Å². The van der Waals surface area contributed by atoms with Crippen LogP contribution in [0.3, 0.4) is 0 Å². The molecule has 3 amide bonds. The summed E-state index contributed by atoms with van der Waals surface area (Å²) in [6, 6.07) is -0.690. The molecule has 0 aromatic carbocycles. The Bertz CT molecular complexity index is 1140. The molecule has 0 saturated carbocycles. The van der Waals surface area contributed by atoms with Crippen LogP contribution >= 0.6 is 11.6 Å². The number of anilines is 1. The summed E-state index contributed by atoms with van der Waals surface area (Å²) in [7, 11) is 0. The Hall–Kier alpha value is -3.29. The topological polar surface area (TPSA) is 115 Å². The molecular formula is C21H27ClF3N7O4. The number of aromatic nitrogens is 4. The Morgan fingerprint density at radius 2 is 1.75 bits per heavy atom. The number of halogens is 4. The Morgan fingerprint density at radius 3 is 2.31 bits per heavy atom. The van der Waals surface area contributed by atoms with E-state index in [9.17, 15) is 27.6 Å². The zero-order valence-corrected chi connectivity index (χ0v) is 21.0. The highest BCUT2D eigenvalue weighted by Crippen LogP contribution is 2.35. The lowest BCUT2D eigenvalue weighted by molar-refractivity contribution is -0.141. The van der Waals surface area contributed by atoms with Crippen LogP contribution in [0.25, 0.3) is 0 Å². The fraction of sp³-hybridized carbons (Fsp3) is 0.571. The fourth-order valence-electron chi connectivity index (χ4n) is 3.69. The Balaban J connectivity index is 1.62. The predicted molar refractivity (Wildman–Crippen MR) is 122 cm³/mol. The van der Waals surface area contributed by atoms with Gasteiger partial charge in [-0.1, -0.05) is 11.6 Å². The van der Waals surface area contributed by atoms with Crippen LogP contribution in [0, 0.1) is 13.8 Å². The number of ether oxygens (including phenoxy) is 1. The molecule has 1 fully saturated rings. The summed E-state index contributed by atoms with van der Waals surface area (Å²) in [5, 5.41) is 9.74. The van der Waals surface area contributed by atoms with Gasteiger partial charge < -0.3 is 19.9 Å². The second kappa shape index (κ2) is 10.8. The van der Waals surface area contributed by atoms with Crippen molar-refractivity contribution in [2.24, 2.45) is 0 Å². The van der Waals surface area contributed by atoms with Crippen molar-refractivity contribution >= 4 is 35.2 Å². The normalized spacial score (nSPS) is 15.1. The summed E-state index contributed by atoms with van der Waals surface area (Å²) in [6.07, 6.45) is -3.67. The third-order valence-electron chi connectivity index (χ3n) is 5.76. The maximum absolute atomic E-state index is 13.0. The van der Waals surface area contributed by atoms with Gasteiger partial charge in [-0.15, -0.1) is 0 Å². The number of hydrogen-bond donors (Lipinski definition) is 1. The molecule has 2 aromatic heterocycles. The fourth-order valence-corrected chi connectivity index (χ4v) is 3.93. The van der Waals surface area contributed by atoms with Crippen molar-refractivity contribution in [3.05, 3.63) is 28.3 Å². The summed E-state index contributed by atoms with van der Waals surface area (Å²) < 4.78 is 46.3. The van der Waals surface area contributed by atoms with Gasteiger partial charge in [-0.05, 0) is 27.7 Å². The van der Waals surface area contributed by atoms with E-state index in [0.717, 1.165) is 4.68 Å². The molecule has 1 aliphatic heterocycles. The first kappa shape index (κ1) is 27.3. The van der Waals surface area contributed by atoms with E-state index >= 15 is 0 Å². The van der Waals surface area contributed by atoms with E-state index in [-0.39, 0.29) is 18.2 Å². The number of piperazine rings is 1. The molecule has 198 valence electrons. The molecular weight excluding hydrogens is 507 g/mol. The molecule has 36 heavy (non-hydrogen) atoms. The van der Waals surface area contributed by atoms with Crippen LogP contribution in [0.2, 0.25) is 5.02 Å². The summed E-state index contributed by atoms with van der Waals surface area (Å²) in [4.78, 5) is 40.5. The smallest absolute Gasteiger partial charge is 0.436 e. The van der Waals surface area contributed by atoms with Gasteiger partial charge in [0.1, 0.15) is 12.6 Å².